The molecule has 2 rings (SSSR count). The summed E-state index contributed by atoms with van der Waals surface area (Å²) in [7, 11) is 0. The lowest BCUT2D eigenvalue weighted by molar-refractivity contribution is -0.128. The molecular weight excluding hydrogens is 276 g/mol. The summed E-state index contributed by atoms with van der Waals surface area (Å²) in [5, 5.41) is 2.70. The molecule has 0 bridgehead atoms. The van der Waals surface area contributed by atoms with Gasteiger partial charge in [-0.15, -0.1) is 0 Å². The largest absolute Gasteiger partial charge is 0.356 e. The zero-order valence-corrected chi connectivity index (χ0v) is 13.4. The number of benzene rings is 1. The van der Waals surface area contributed by atoms with E-state index in [0.717, 1.165) is 19.4 Å². The molecule has 1 aromatic carbocycles. The van der Waals surface area contributed by atoms with Crippen LogP contribution in [0.5, 0.6) is 0 Å². The van der Waals surface area contributed by atoms with Gasteiger partial charge in [0.1, 0.15) is 0 Å². The smallest absolute Gasteiger partial charge is 0.249 e. The van der Waals surface area contributed by atoms with Crippen LogP contribution in [0.1, 0.15) is 43.4 Å². The summed E-state index contributed by atoms with van der Waals surface area (Å²) in [5.41, 5.74) is 2.97. The molecule has 1 unspecified atom stereocenters. The van der Waals surface area contributed by atoms with Crippen molar-refractivity contribution in [1.82, 2.24) is 10.2 Å². The van der Waals surface area contributed by atoms with Gasteiger partial charge in [0.2, 0.25) is 11.8 Å². The van der Waals surface area contributed by atoms with Crippen molar-refractivity contribution in [2.24, 2.45) is 0 Å². The zero-order chi connectivity index (χ0) is 16.1. The summed E-state index contributed by atoms with van der Waals surface area (Å²) in [6, 6.07) is 8.48. The van der Waals surface area contributed by atoms with Gasteiger partial charge in [0.15, 0.2) is 0 Å². The molecule has 0 radical (unpaired) electrons. The molecule has 0 saturated carbocycles. The van der Waals surface area contributed by atoms with E-state index < -0.39 is 0 Å². The van der Waals surface area contributed by atoms with Gasteiger partial charge in [0.05, 0.1) is 6.04 Å². The summed E-state index contributed by atoms with van der Waals surface area (Å²) in [6.45, 7) is 8.67. The standard InChI is InChI=1S/C18H24N2O2/c1-13-6-4-7-16(12-13)17-8-5-11-20(17)18(22)14(2)9-10-19-15(3)21/h4,6-7,12,17H,2,5,8-11H2,1,3H3,(H,19,21). The van der Waals surface area contributed by atoms with Crippen molar-refractivity contribution in [1.29, 1.82) is 0 Å². The quantitative estimate of drug-likeness (QED) is 0.850. The number of amides is 2. The lowest BCUT2D eigenvalue weighted by Gasteiger charge is -2.26. The van der Waals surface area contributed by atoms with Crippen molar-refractivity contribution in [2.75, 3.05) is 13.1 Å². The Labute approximate surface area is 132 Å². The Kier molecular flexibility index (Phi) is 5.36. The van der Waals surface area contributed by atoms with Gasteiger partial charge in [-0.2, -0.15) is 0 Å². The van der Waals surface area contributed by atoms with E-state index in [0.29, 0.717) is 18.5 Å². The minimum absolute atomic E-state index is 0.00866. The number of nitrogens with one attached hydrogen (secondary N) is 1. The molecule has 4 nitrogen and oxygen atoms in total. The van der Waals surface area contributed by atoms with Crippen molar-refractivity contribution in [2.45, 2.75) is 39.2 Å². The summed E-state index contributed by atoms with van der Waals surface area (Å²) >= 11 is 0. The van der Waals surface area contributed by atoms with Crippen LogP contribution in [0.25, 0.3) is 0 Å². The maximum atomic E-state index is 12.6. The third kappa shape index (κ3) is 3.97. The van der Waals surface area contributed by atoms with Gasteiger partial charge in [0, 0.05) is 25.6 Å². The fourth-order valence-electron chi connectivity index (χ4n) is 2.93. The number of aryl methyl sites for hydroxylation is 1. The third-order valence-corrected chi connectivity index (χ3v) is 4.04. The maximum Gasteiger partial charge on any atom is 0.249 e. The molecule has 4 heteroatoms. The van der Waals surface area contributed by atoms with Crippen LogP contribution in [0.3, 0.4) is 0 Å². The Morgan fingerprint density at radius 1 is 1.41 bits per heavy atom. The summed E-state index contributed by atoms with van der Waals surface area (Å²) in [5.74, 6) is -0.0755. The highest BCUT2D eigenvalue weighted by Gasteiger charge is 2.30. The zero-order valence-electron chi connectivity index (χ0n) is 13.4. The number of rotatable bonds is 5. The average Bonchev–Trinajstić information content (AvgIpc) is 2.95. The Morgan fingerprint density at radius 3 is 2.86 bits per heavy atom. The molecule has 2 amide bonds. The van der Waals surface area contributed by atoms with E-state index in [1.165, 1.54) is 18.1 Å². The molecule has 1 aliphatic heterocycles. The third-order valence-electron chi connectivity index (χ3n) is 4.04. The maximum absolute atomic E-state index is 12.6. The Hall–Kier alpha value is -2.10. The van der Waals surface area contributed by atoms with E-state index in [1.54, 1.807) is 0 Å². The van der Waals surface area contributed by atoms with Gasteiger partial charge in [-0.05, 0) is 31.7 Å². The van der Waals surface area contributed by atoms with E-state index in [4.69, 9.17) is 0 Å². The van der Waals surface area contributed by atoms with Crippen molar-refractivity contribution in [3.63, 3.8) is 0 Å². The monoisotopic (exact) mass is 300 g/mol. The number of hydrogen-bond acceptors (Lipinski definition) is 2. The highest BCUT2D eigenvalue weighted by molar-refractivity contribution is 5.93. The molecule has 1 saturated heterocycles. The average molecular weight is 300 g/mol. The molecule has 1 aliphatic rings. The van der Waals surface area contributed by atoms with Crippen LogP contribution in [0, 0.1) is 6.92 Å². The first-order valence-corrected chi connectivity index (χ1v) is 7.79. The Balaban J connectivity index is 2.02. The van der Waals surface area contributed by atoms with E-state index in [1.807, 2.05) is 11.0 Å². The van der Waals surface area contributed by atoms with Crippen molar-refractivity contribution >= 4 is 11.8 Å². The van der Waals surface area contributed by atoms with Crippen LogP contribution in [0.4, 0.5) is 0 Å². The molecule has 1 aromatic rings. The second-order valence-electron chi connectivity index (χ2n) is 5.91. The number of carbonyl (C=O) groups excluding carboxylic acids is 2. The van der Waals surface area contributed by atoms with Crippen molar-refractivity contribution < 1.29 is 9.59 Å². The Morgan fingerprint density at radius 2 is 2.18 bits per heavy atom. The Bertz CT molecular complexity index is 580. The lowest BCUT2D eigenvalue weighted by Crippen LogP contribution is -2.32. The van der Waals surface area contributed by atoms with Gasteiger partial charge in [-0.25, -0.2) is 0 Å². The van der Waals surface area contributed by atoms with Crippen LogP contribution in [-0.4, -0.2) is 29.8 Å². The first-order chi connectivity index (χ1) is 10.5. The highest BCUT2D eigenvalue weighted by atomic mass is 16.2. The van der Waals surface area contributed by atoms with E-state index in [2.05, 4.69) is 37.0 Å². The van der Waals surface area contributed by atoms with Crippen LogP contribution >= 0.6 is 0 Å². The molecular formula is C18H24N2O2. The number of hydrogen-bond donors (Lipinski definition) is 1. The predicted molar refractivity (Wildman–Crippen MR) is 87.3 cm³/mol. The molecule has 1 atom stereocenters. The first kappa shape index (κ1) is 16.3. The van der Waals surface area contributed by atoms with Gasteiger partial charge < -0.3 is 10.2 Å². The highest BCUT2D eigenvalue weighted by Crippen LogP contribution is 2.33. The topological polar surface area (TPSA) is 49.4 Å². The molecule has 1 heterocycles. The van der Waals surface area contributed by atoms with Gasteiger partial charge in [0.25, 0.3) is 0 Å². The second-order valence-corrected chi connectivity index (χ2v) is 5.91. The SMILES string of the molecule is C=C(CCNC(C)=O)C(=O)N1CCCC1c1cccc(C)c1. The normalized spacial score (nSPS) is 17.4. The van der Waals surface area contributed by atoms with E-state index >= 15 is 0 Å². The molecule has 0 aliphatic carbocycles. The second kappa shape index (κ2) is 7.25. The lowest BCUT2D eigenvalue weighted by atomic mass is 10.0. The number of carbonyl (C=O) groups is 2. The molecule has 1 N–H and O–H groups in total. The fourth-order valence-corrected chi connectivity index (χ4v) is 2.93. The van der Waals surface area contributed by atoms with Crippen LogP contribution in [0.15, 0.2) is 36.4 Å². The van der Waals surface area contributed by atoms with Crippen molar-refractivity contribution in [3.8, 4) is 0 Å². The van der Waals surface area contributed by atoms with Crippen molar-refractivity contribution in [3.05, 3.63) is 47.5 Å². The molecule has 0 spiro atoms. The molecule has 0 aromatic heterocycles. The molecule has 22 heavy (non-hydrogen) atoms. The fraction of sp³-hybridized carbons (Fsp3) is 0.444. The predicted octanol–water partition coefficient (Wildman–Crippen LogP) is 2.74. The minimum Gasteiger partial charge on any atom is -0.356 e. The van der Waals surface area contributed by atoms with Gasteiger partial charge >= 0.3 is 0 Å². The summed E-state index contributed by atoms with van der Waals surface area (Å²) in [6.07, 6.45) is 2.51. The van der Waals surface area contributed by atoms with Crippen LogP contribution in [-0.2, 0) is 9.59 Å². The minimum atomic E-state index is -0.0842. The van der Waals surface area contributed by atoms with Crippen LogP contribution in [0.2, 0.25) is 0 Å². The summed E-state index contributed by atoms with van der Waals surface area (Å²) < 4.78 is 0. The molecule has 1 fully saturated rings. The number of likely N-dealkylation sites (tertiary alicyclic amines) is 1. The van der Waals surface area contributed by atoms with Crippen LogP contribution < -0.4 is 5.32 Å². The van der Waals surface area contributed by atoms with Gasteiger partial charge in [-0.1, -0.05) is 36.4 Å². The number of nitrogens with zero attached hydrogens (tertiary/aromatic N) is 1. The van der Waals surface area contributed by atoms with E-state index in [-0.39, 0.29) is 17.9 Å². The summed E-state index contributed by atoms with van der Waals surface area (Å²) in [4.78, 5) is 25.4. The first-order valence-electron chi connectivity index (χ1n) is 7.79. The van der Waals surface area contributed by atoms with E-state index in [9.17, 15) is 9.59 Å². The van der Waals surface area contributed by atoms with Gasteiger partial charge in [-0.3, -0.25) is 9.59 Å². The molecule has 118 valence electrons.